The molecule has 0 saturated heterocycles. The van der Waals surface area contributed by atoms with E-state index in [1.807, 2.05) is 6.07 Å². The lowest BCUT2D eigenvalue weighted by Gasteiger charge is -2.11. The first-order valence-corrected chi connectivity index (χ1v) is 9.50. The molecule has 0 aliphatic heterocycles. The Labute approximate surface area is 177 Å². The minimum Gasteiger partial charge on any atom is -0.452 e. The van der Waals surface area contributed by atoms with Crippen molar-refractivity contribution < 1.29 is 19.1 Å². The molecule has 0 atom stereocenters. The van der Waals surface area contributed by atoms with Crippen LogP contribution in [0.25, 0.3) is 5.65 Å². The van der Waals surface area contributed by atoms with Crippen molar-refractivity contribution in [2.75, 3.05) is 11.9 Å². The standard InChI is InChI=1S/C23H18N4O4/c1-15-25-26-20-12-11-17(13-27(15)20)23(30)31-14-21(28)24-19-10-6-5-9-18(19)22(29)16-7-3-2-4-8-16/h2-13H,14H2,1H3,(H,24,28). The summed E-state index contributed by atoms with van der Waals surface area (Å²) in [5.41, 5.74) is 2.07. The number of para-hydroxylation sites is 1. The van der Waals surface area contributed by atoms with Crippen molar-refractivity contribution in [2.45, 2.75) is 6.92 Å². The summed E-state index contributed by atoms with van der Waals surface area (Å²) < 4.78 is 6.78. The zero-order chi connectivity index (χ0) is 21.8. The molecule has 8 heteroatoms. The van der Waals surface area contributed by atoms with Crippen molar-refractivity contribution >= 4 is 29.0 Å². The Hall–Kier alpha value is -4.33. The maximum Gasteiger partial charge on any atom is 0.340 e. The number of fused-ring (bicyclic) bond motifs is 1. The van der Waals surface area contributed by atoms with Crippen molar-refractivity contribution in [3.63, 3.8) is 0 Å². The molecule has 0 saturated carbocycles. The number of hydrogen-bond donors (Lipinski definition) is 1. The van der Waals surface area contributed by atoms with E-state index in [1.165, 1.54) is 0 Å². The first kappa shape index (κ1) is 20.0. The van der Waals surface area contributed by atoms with Gasteiger partial charge in [-0.3, -0.25) is 14.0 Å². The largest absolute Gasteiger partial charge is 0.452 e. The molecule has 0 spiro atoms. The van der Waals surface area contributed by atoms with Crippen molar-refractivity contribution in [3.05, 3.63) is 95.4 Å². The highest BCUT2D eigenvalue weighted by molar-refractivity contribution is 6.14. The van der Waals surface area contributed by atoms with Gasteiger partial charge in [0.2, 0.25) is 0 Å². The van der Waals surface area contributed by atoms with E-state index in [2.05, 4.69) is 15.5 Å². The van der Waals surface area contributed by atoms with Gasteiger partial charge in [-0.05, 0) is 31.2 Å². The number of aromatic nitrogens is 3. The number of anilines is 1. The van der Waals surface area contributed by atoms with Crippen molar-refractivity contribution in [1.82, 2.24) is 14.6 Å². The van der Waals surface area contributed by atoms with Gasteiger partial charge in [0.1, 0.15) is 5.82 Å². The van der Waals surface area contributed by atoms with Crippen LogP contribution in [0.5, 0.6) is 0 Å². The molecule has 31 heavy (non-hydrogen) atoms. The van der Waals surface area contributed by atoms with Gasteiger partial charge in [-0.1, -0.05) is 42.5 Å². The molecule has 1 N–H and O–H groups in total. The average molecular weight is 414 g/mol. The van der Waals surface area contributed by atoms with Crippen LogP contribution in [0, 0.1) is 6.92 Å². The van der Waals surface area contributed by atoms with Crippen LogP contribution < -0.4 is 5.32 Å². The summed E-state index contributed by atoms with van der Waals surface area (Å²) in [6.07, 6.45) is 1.55. The molecule has 1 amide bonds. The summed E-state index contributed by atoms with van der Waals surface area (Å²) in [7, 11) is 0. The van der Waals surface area contributed by atoms with Crippen LogP contribution >= 0.6 is 0 Å². The van der Waals surface area contributed by atoms with E-state index in [4.69, 9.17) is 4.74 Å². The maximum atomic E-state index is 12.8. The second-order valence-corrected chi connectivity index (χ2v) is 6.76. The number of ether oxygens (including phenoxy) is 1. The van der Waals surface area contributed by atoms with Crippen LogP contribution in [0.15, 0.2) is 72.9 Å². The fourth-order valence-electron chi connectivity index (χ4n) is 3.06. The zero-order valence-corrected chi connectivity index (χ0v) is 16.6. The third-order valence-corrected chi connectivity index (χ3v) is 4.62. The summed E-state index contributed by atoms with van der Waals surface area (Å²) in [5.74, 6) is -0.796. The molecule has 2 heterocycles. The van der Waals surface area contributed by atoms with Crippen LogP contribution in [-0.4, -0.2) is 38.9 Å². The number of hydrogen-bond acceptors (Lipinski definition) is 6. The van der Waals surface area contributed by atoms with E-state index < -0.39 is 18.5 Å². The summed E-state index contributed by atoms with van der Waals surface area (Å²) >= 11 is 0. The number of amides is 1. The Morgan fingerprint density at radius 2 is 1.65 bits per heavy atom. The number of aryl methyl sites for hydroxylation is 1. The lowest BCUT2D eigenvalue weighted by atomic mass is 10.0. The van der Waals surface area contributed by atoms with E-state index in [1.54, 1.807) is 78.2 Å². The van der Waals surface area contributed by atoms with Gasteiger partial charge in [0, 0.05) is 17.3 Å². The highest BCUT2D eigenvalue weighted by Gasteiger charge is 2.16. The monoisotopic (exact) mass is 414 g/mol. The van der Waals surface area contributed by atoms with Crippen LogP contribution in [0.3, 0.4) is 0 Å². The second kappa shape index (κ2) is 8.58. The first-order chi connectivity index (χ1) is 15.0. The lowest BCUT2D eigenvalue weighted by Crippen LogP contribution is -2.22. The van der Waals surface area contributed by atoms with Crippen LogP contribution in [0.2, 0.25) is 0 Å². The van der Waals surface area contributed by atoms with Gasteiger partial charge in [0.25, 0.3) is 5.91 Å². The molecule has 8 nitrogen and oxygen atoms in total. The Morgan fingerprint density at radius 1 is 0.903 bits per heavy atom. The molecule has 0 fully saturated rings. The molecular formula is C23H18N4O4. The third-order valence-electron chi connectivity index (χ3n) is 4.62. The number of ketones is 1. The van der Waals surface area contributed by atoms with Gasteiger partial charge < -0.3 is 10.1 Å². The predicted octanol–water partition coefficient (Wildman–Crippen LogP) is 3.06. The highest BCUT2D eigenvalue weighted by Crippen LogP contribution is 2.19. The summed E-state index contributed by atoms with van der Waals surface area (Å²) in [4.78, 5) is 37.5. The minimum atomic E-state index is -0.654. The molecule has 0 unspecified atom stereocenters. The molecule has 0 bridgehead atoms. The van der Waals surface area contributed by atoms with Crippen molar-refractivity contribution in [2.24, 2.45) is 0 Å². The molecule has 4 aromatic rings. The maximum absolute atomic E-state index is 12.8. The summed E-state index contributed by atoms with van der Waals surface area (Å²) in [6.45, 7) is 1.27. The summed E-state index contributed by atoms with van der Waals surface area (Å²) in [5, 5.41) is 10.5. The zero-order valence-electron chi connectivity index (χ0n) is 16.6. The van der Waals surface area contributed by atoms with Gasteiger partial charge in [-0.25, -0.2) is 4.79 Å². The van der Waals surface area contributed by atoms with E-state index >= 15 is 0 Å². The van der Waals surface area contributed by atoms with Gasteiger partial charge >= 0.3 is 5.97 Å². The predicted molar refractivity (Wildman–Crippen MR) is 113 cm³/mol. The fraction of sp³-hybridized carbons (Fsp3) is 0.0870. The molecule has 0 radical (unpaired) electrons. The number of benzene rings is 2. The third kappa shape index (κ3) is 4.32. The number of carbonyl (C=O) groups is 3. The van der Waals surface area contributed by atoms with E-state index in [0.29, 0.717) is 28.3 Å². The first-order valence-electron chi connectivity index (χ1n) is 9.50. The molecule has 0 aliphatic rings. The lowest BCUT2D eigenvalue weighted by molar-refractivity contribution is -0.119. The van der Waals surface area contributed by atoms with Gasteiger partial charge in [-0.15, -0.1) is 10.2 Å². The average Bonchev–Trinajstić information content (AvgIpc) is 3.18. The van der Waals surface area contributed by atoms with E-state index in [-0.39, 0.29) is 11.3 Å². The van der Waals surface area contributed by atoms with E-state index in [0.717, 1.165) is 0 Å². The minimum absolute atomic E-state index is 0.217. The molecule has 0 aliphatic carbocycles. The van der Waals surface area contributed by atoms with Crippen LogP contribution in [0.1, 0.15) is 32.1 Å². The highest BCUT2D eigenvalue weighted by atomic mass is 16.5. The quantitative estimate of drug-likeness (QED) is 0.384. The molecule has 154 valence electrons. The Kier molecular flexibility index (Phi) is 5.53. The number of nitrogens with zero attached hydrogens (tertiary/aromatic N) is 3. The van der Waals surface area contributed by atoms with Gasteiger partial charge in [0.05, 0.1) is 11.3 Å². The number of carbonyl (C=O) groups excluding carboxylic acids is 3. The smallest absolute Gasteiger partial charge is 0.340 e. The Morgan fingerprint density at radius 3 is 2.45 bits per heavy atom. The Balaban J connectivity index is 1.42. The SMILES string of the molecule is Cc1nnc2ccc(C(=O)OCC(=O)Nc3ccccc3C(=O)c3ccccc3)cn12. The van der Waals surface area contributed by atoms with E-state index in [9.17, 15) is 14.4 Å². The number of nitrogens with one attached hydrogen (secondary N) is 1. The molecule has 2 aromatic heterocycles. The number of esters is 1. The van der Waals surface area contributed by atoms with Gasteiger partial charge in [0.15, 0.2) is 18.0 Å². The number of pyridine rings is 1. The topological polar surface area (TPSA) is 103 Å². The Bertz CT molecular complexity index is 1280. The second-order valence-electron chi connectivity index (χ2n) is 6.76. The molecule has 4 rings (SSSR count). The normalized spacial score (nSPS) is 10.6. The molecule has 2 aromatic carbocycles. The van der Waals surface area contributed by atoms with Crippen molar-refractivity contribution in [1.29, 1.82) is 0 Å². The van der Waals surface area contributed by atoms with Crippen LogP contribution in [-0.2, 0) is 9.53 Å². The molecular weight excluding hydrogens is 396 g/mol. The van der Waals surface area contributed by atoms with Crippen molar-refractivity contribution in [3.8, 4) is 0 Å². The summed E-state index contributed by atoms with van der Waals surface area (Å²) in [6, 6.07) is 18.6. The van der Waals surface area contributed by atoms with Crippen LogP contribution in [0.4, 0.5) is 5.69 Å². The number of rotatable bonds is 6. The van der Waals surface area contributed by atoms with Gasteiger partial charge in [-0.2, -0.15) is 0 Å². The fourth-order valence-corrected chi connectivity index (χ4v) is 3.06.